The average Bonchev–Trinajstić information content (AvgIpc) is 2.38. The minimum absolute atomic E-state index is 0.223. The van der Waals surface area contributed by atoms with Crippen LogP contribution in [0.15, 0.2) is 0 Å². The zero-order chi connectivity index (χ0) is 11.2. The lowest BCUT2D eigenvalue weighted by molar-refractivity contribution is 0.0423. The summed E-state index contributed by atoms with van der Waals surface area (Å²) >= 11 is 0. The molecule has 0 aromatic rings. The standard InChI is InChI=1S/C14H28OSi/c1-16-15-14(12-8-4-2-5-9-12)13-10-6-3-7-11-13/h12-14H,2-11,16H2,1H3. The van der Waals surface area contributed by atoms with Crippen molar-refractivity contribution in [2.75, 3.05) is 0 Å². The van der Waals surface area contributed by atoms with Crippen LogP contribution in [-0.4, -0.2) is 15.9 Å². The molecule has 0 aliphatic heterocycles. The summed E-state index contributed by atoms with van der Waals surface area (Å²) in [4.78, 5) is 0. The molecule has 1 nitrogen and oxygen atoms in total. The van der Waals surface area contributed by atoms with E-state index in [9.17, 15) is 0 Å². The maximum absolute atomic E-state index is 6.26. The van der Waals surface area contributed by atoms with Crippen molar-refractivity contribution in [3.8, 4) is 0 Å². The molecule has 0 unspecified atom stereocenters. The van der Waals surface area contributed by atoms with E-state index in [1.807, 2.05) is 0 Å². The molecule has 0 aromatic heterocycles. The second-order valence-electron chi connectivity index (χ2n) is 5.72. The molecule has 0 bridgehead atoms. The van der Waals surface area contributed by atoms with Crippen LogP contribution in [0.2, 0.25) is 6.55 Å². The van der Waals surface area contributed by atoms with Crippen LogP contribution in [0.5, 0.6) is 0 Å². The van der Waals surface area contributed by atoms with Gasteiger partial charge >= 0.3 is 0 Å². The van der Waals surface area contributed by atoms with E-state index in [0.29, 0.717) is 6.10 Å². The van der Waals surface area contributed by atoms with Crippen molar-refractivity contribution >= 4 is 9.76 Å². The fourth-order valence-corrected chi connectivity index (χ4v) is 4.70. The van der Waals surface area contributed by atoms with E-state index in [2.05, 4.69) is 6.55 Å². The second kappa shape index (κ2) is 6.80. The van der Waals surface area contributed by atoms with E-state index in [-0.39, 0.29) is 9.76 Å². The summed E-state index contributed by atoms with van der Waals surface area (Å²) in [7, 11) is -0.223. The lowest BCUT2D eigenvalue weighted by Gasteiger charge is -2.37. The monoisotopic (exact) mass is 240 g/mol. The topological polar surface area (TPSA) is 9.23 Å². The Morgan fingerprint density at radius 1 is 0.812 bits per heavy atom. The molecule has 2 aliphatic rings. The normalized spacial score (nSPS) is 25.9. The largest absolute Gasteiger partial charge is 0.421 e. The van der Waals surface area contributed by atoms with Gasteiger partial charge in [0.15, 0.2) is 9.76 Å². The molecule has 2 saturated carbocycles. The molecule has 0 aromatic carbocycles. The first-order valence-electron chi connectivity index (χ1n) is 7.53. The van der Waals surface area contributed by atoms with Crippen molar-refractivity contribution in [2.45, 2.75) is 76.9 Å². The maximum atomic E-state index is 6.26. The highest BCUT2D eigenvalue weighted by molar-refractivity contribution is 6.24. The third-order valence-electron chi connectivity index (χ3n) is 4.59. The molecule has 0 heterocycles. The van der Waals surface area contributed by atoms with Gasteiger partial charge in [-0.05, 0) is 37.5 Å². The van der Waals surface area contributed by atoms with Gasteiger partial charge in [-0.2, -0.15) is 0 Å². The molecule has 2 rings (SSSR count). The van der Waals surface area contributed by atoms with E-state index in [4.69, 9.17) is 4.43 Å². The van der Waals surface area contributed by atoms with Crippen molar-refractivity contribution in [3.05, 3.63) is 0 Å². The molecular weight excluding hydrogens is 212 g/mol. The molecule has 0 atom stereocenters. The summed E-state index contributed by atoms with van der Waals surface area (Å²) in [5, 5.41) is 0. The molecule has 0 saturated heterocycles. The summed E-state index contributed by atoms with van der Waals surface area (Å²) in [5.74, 6) is 1.84. The Bertz CT molecular complexity index is 165. The minimum Gasteiger partial charge on any atom is -0.421 e. The van der Waals surface area contributed by atoms with Crippen molar-refractivity contribution in [1.29, 1.82) is 0 Å². The molecule has 94 valence electrons. The summed E-state index contributed by atoms with van der Waals surface area (Å²) in [6.45, 7) is 2.30. The van der Waals surface area contributed by atoms with E-state index < -0.39 is 0 Å². The highest BCUT2D eigenvalue weighted by Gasteiger charge is 2.31. The molecule has 0 amide bonds. The molecule has 0 N–H and O–H groups in total. The van der Waals surface area contributed by atoms with Gasteiger partial charge in [0.05, 0.1) is 0 Å². The Kier molecular flexibility index (Phi) is 5.37. The summed E-state index contributed by atoms with van der Waals surface area (Å²) in [6.07, 6.45) is 15.3. The van der Waals surface area contributed by atoms with Crippen LogP contribution < -0.4 is 0 Å². The van der Waals surface area contributed by atoms with E-state index >= 15 is 0 Å². The summed E-state index contributed by atoms with van der Waals surface area (Å²) < 4.78 is 6.26. The van der Waals surface area contributed by atoms with Crippen molar-refractivity contribution < 1.29 is 4.43 Å². The van der Waals surface area contributed by atoms with Crippen LogP contribution >= 0.6 is 0 Å². The Labute approximate surface area is 103 Å². The molecular formula is C14H28OSi. The van der Waals surface area contributed by atoms with Crippen LogP contribution in [-0.2, 0) is 4.43 Å². The quantitative estimate of drug-likeness (QED) is 0.681. The van der Waals surface area contributed by atoms with Gasteiger partial charge in [-0.3, -0.25) is 0 Å². The maximum Gasteiger partial charge on any atom is 0.158 e. The number of hydrogen-bond acceptors (Lipinski definition) is 1. The average molecular weight is 240 g/mol. The zero-order valence-corrected chi connectivity index (χ0v) is 12.3. The fourth-order valence-electron chi connectivity index (χ4n) is 3.77. The van der Waals surface area contributed by atoms with Gasteiger partial charge in [-0.1, -0.05) is 45.1 Å². The van der Waals surface area contributed by atoms with Gasteiger partial charge in [0.2, 0.25) is 0 Å². The summed E-state index contributed by atoms with van der Waals surface area (Å²) in [6, 6.07) is 0. The molecule has 2 heteroatoms. The fraction of sp³-hybridized carbons (Fsp3) is 1.00. The Balaban J connectivity index is 1.91. The summed E-state index contributed by atoms with van der Waals surface area (Å²) in [5.41, 5.74) is 0. The van der Waals surface area contributed by atoms with Crippen LogP contribution in [0.4, 0.5) is 0 Å². The SMILES string of the molecule is C[SiH2]OC(C1CCCCC1)C1CCCCC1. The smallest absolute Gasteiger partial charge is 0.158 e. The van der Waals surface area contributed by atoms with Crippen molar-refractivity contribution in [3.63, 3.8) is 0 Å². The van der Waals surface area contributed by atoms with E-state index in [0.717, 1.165) is 11.8 Å². The van der Waals surface area contributed by atoms with Crippen LogP contribution in [0.3, 0.4) is 0 Å². The number of rotatable bonds is 4. The number of hydrogen-bond donors (Lipinski definition) is 0. The second-order valence-corrected chi connectivity index (χ2v) is 6.63. The van der Waals surface area contributed by atoms with E-state index in [1.54, 1.807) is 0 Å². The minimum atomic E-state index is -0.223. The third-order valence-corrected chi connectivity index (χ3v) is 5.31. The van der Waals surface area contributed by atoms with Crippen LogP contribution in [0.1, 0.15) is 64.2 Å². The van der Waals surface area contributed by atoms with Crippen molar-refractivity contribution in [1.82, 2.24) is 0 Å². The zero-order valence-electron chi connectivity index (χ0n) is 10.9. The van der Waals surface area contributed by atoms with Gasteiger partial charge in [-0.15, -0.1) is 0 Å². The first-order chi connectivity index (χ1) is 7.92. The molecule has 2 fully saturated rings. The van der Waals surface area contributed by atoms with Gasteiger partial charge in [-0.25, -0.2) is 0 Å². The van der Waals surface area contributed by atoms with Gasteiger partial charge in [0, 0.05) is 6.10 Å². The highest BCUT2D eigenvalue weighted by atomic mass is 28.2. The lowest BCUT2D eigenvalue weighted by atomic mass is 9.75. The van der Waals surface area contributed by atoms with Gasteiger partial charge in [0.25, 0.3) is 0 Å². The predicted molar refractivity (Wildman–Crippen MR) is 72.4 cm³/mol. The van der Waals surface area contributed by atoms with Crippen LogP contribution in [0, 0.1) is 11.8 Å². The Morgan fingerprint density at radius 2 is 1.25 bits per heavy atom. The van der Waals surface area contributed by atoms with Crippen LogP contribution in [0.25, 0.3) is 0 Å². The molecule has 0 spiro atoms. The first kappa shape index (κ1) is 12.6. The molecule has 2 aliphatic carbocycles. The molecule has 16 heavy (non-hydrogen) atoms. The van der Waals surface area contributed by atoms with Gasteiger partial charge in [0.1, 0.15) is 0 Å². The Hall–Kier alpha value is 0.177. The van der Waals surface area contributed by atoms with Gasteiger partial charge < -0.3 is 4.43 Å². The predicted octanol–water partition coefficient (Wildman–Crippen LogP) is 3.66. The Morgan fingerprint density at radius 3 is 1.62 bits per heavy atom. The first-order valence-corrected chi connectivity index (χ1v) is 9.52. The highest BCUT2D eigenvalue weighted by Crippen LogP contribution is 2.37. The van der Waals surface area contributed by atoms with Crippen molar-refractivity contribution in [2.24, 2.45) is 11.8 Å². The third kappa shape index (κ3) is 3.33. The van der Waals surface area contributed by atoms with E-state index in [1.165, 1.54) is 64.2 Å². The lowest BCUT2D eigenvalue weighted by Crippen LogP contribution is -2.35. The molecule has 0 radical (unpaired) electrons.